The zero-order chi connectivity index (χ0) is 33.5. The molecule has 4 aromatic heterocycles. The van der Waals surface area contributed by atoms with Gasteiger partial charge in [-0.25, -0.2) is 15.0 Å². The molecule has 0 N–H and O–H groups in total. The van der Waals surface area contributed by atoms with Crippen LogP contribution in [0.1, 0.15) is 0 Å². The summed E-state index contributed by atoms with van der Waals surface area (Å²) in [5, 5.41) is 6.70. The van der Waals surface area contributed by atoms with Crippen LogP contribution in [-0.2, 0) is 0 Å². The van der Waals surface area contributed by atoms with Crippen molar-refractivity contribution in [1.82, 2.24) is 15.0 Å². The van der Waals surface area contributed by atoms with Crippen LogP contribution in [0.25, 0.3) is 109 Å². The minimum Gasteiger partial charge on any atom is -0.455 e. The van der Waals surface area contributed by atoms with Crippen molar-refractivity contribution in [3.8, 4) is 45.3 Å². The normalized spacial score (nSPS) is 11.9. The van der Waals surface area contributed by atoms with Crippen LogP contribution in [0.2, 0.25) is 0 Å². The van der Waals surface area contributed by atoms with Gasteiger partial charge >= 0.3 is 0 Å². The van der Waals surface area contributed by atoms with Gasteiger partial charge in [-0.2, -0.15) is 0 Å². The van der Waals surface area contributed by atoms with Gasteiger partial charge in [0, 0.05) is 58.4 Å². The monoisotopic (exact) mass is 671 g/mol. The van der Waals surface area contributed by atoms with Crippen LogP contribution in [0.4, 0.5) is 0 Å². The summed E-state index contributed by atoms with van der Waals surface area (Å²) < 4.78 is 15.2. The zero-order valence-electron chi connectivity index (χ0n) is 27.0. The molecule has 0 fully saturated rings. The highest BCUT2D eigenvalue weighted by molar-refractivity contribution is 7.25. The third kappa shape index (κ3) is 4.43. The Kier molecular flexibility index (Phi) is 6.05. The largest absolute Gasteiger partial charge is 0.455 e. The number of benzene rings is 7. The predicted octanol–water partition coefficient (Wildman–Crippen LogP) is 12.7. The van der Waals surface area contributed by atoms with Crippen LogP contribution in [0.5, 0.6) is 0 Å². The molecule has 0 unspecified atom stereocenters. The van der Waals surface area contributed by atoms with Crippen LogP contribution in [0.3, 0.4) is 0 Å². The summed E-state index contributed by atoms with van der Waals surface area (Å²) >= 11 is 1.79. The van der Waals surface area contributed by atoms with Gasteiger partial charge < -0.3 is 8.83 Å². The first kappa shape index (κ1) is 28.2. The van der Waals surface area contributed by atoms with Crippen molar-refractivity contribution in [2.45, 2.75) is 0 Å². The molecule has 0 aliphatic heterocycles. The topological polar surface area (TPSA) is 65.0 Å². The quantitative estimate of drug-likeness (QED) is 0.186. The molecule has 0 aliphatic rings. The molecule has 238 valence electrons. The maximum Gasteiger partial charge on any atom is 0.167 e. The lowest BCUT2D eigenvalue weighted by molar-refractivity contribution is 0.669. The van der Waals surface area contributed by atoms with Crippen LogP contribution in [0, 0.1) is 0 Å². The first-order chi connectivity index (χ1) is 25.2. The second-order valence-electron chi connectivity index (χ2n) is 12.8. The van der Waals surface area contributed by atoms with E-state index in [9.17, 15) is 0 Å². The highest BCUT2D eigenvalue weighted by Crippen LogP contribution is 2.41. The molecule has 0 saturated heterocycles. The second kappa shape index (κ2) is 10.9. The lowest BCUT2D eigenvalue weighted by atomic mass is 10.00. The Hall–Kier alpha value is -6.63. The van der Waals surface area contributed by atoms with E-state index in [1.165, 1.54) is 14.8 Å². The van der Waals surface area contributed by atoms with E-state index in [2.05, 4.69) is 78.9 Å². The van der Waals surface area contributed by atoms with E-state index >= 15 is 0 Å². The first-order valence-corrected chi connectivity index (χ1v) is 17.7. The van der Waals surface area contributed by atoms with E-state index in [1.54, 1.807) is 11.3 Å². The first-order valence-electron chi connectivity index (χ1n) is 16.8. The maximum absolute atomic E-state index is 6.41. The summed E-state index contributed by atoms with van der Waals surface area (Å²) in [4.78, 5) is 15.2. The summed E-state index contributed by atoms with van der Waals surface area (Å²) in [5.74, 6) is 1.79. The Balaban J connectivity index is 1.10. The van der Waals surface area contributed by atoms with Crippen molar-refractivity contribution in [2.24, 2.45) is 0 Å². The van der Waals surface area contributed by atoms with Gasteiger partial charge in [-0.3, -0.25) is 0 Å². The van der Waals surface area contributed by atoms with E-state index in [1.807, 2.05) is 72.8 Å². The molecule has 0 spiro atoms. The van der Waals surface area contributed by atoms with Crippen LogP contribution >= 0.6 is 11.3 Å². The molecule has 0 saturated carbocycles. The molecule has 11 aromatic rings. The van der Waals surface area contributed by atoms with E-state index in [4.69, 9.17) is 23.8 Å². The zero-order valence-corrected chi connectivity index (χ0v) is 27.8. The third-order valence-corrected chi connectivity index (χ3v) is 10.9. The number of para-hydroxylation sites is 4. The van der Waals surface area contributed by atoms with Gasteiger partial charge in [-0.15, -0.1) is 11.3 Å². The lowest BCUT2D eigenvalue weighted by Gasteiger charge is -2.09. The molecule has 4 heterocycles. The van der Waals surface area contributed by atoms with Crippen molar-refractivity contribution in [1.29, 1.82) is 0 Å². The molecule has 5 nitrogen and oxygen atoms in total. The average Bonchev–Trinajstić information content (AvgIpc) is 3.89. The minimum atomic E-state index is 0.569. The highest BCUT2D eigenvalue weighted by atomic mass is 32.1. The SMILES string of the molecule is c1ccc(-c2nc(-c3ccc4sc5ccc(-c6cccc7c6oc6ccccc67)cc5c4c3)nc(-c3cccc4c3oc3ccccc34)n2)cc1. The minimum absolute atomic E-state index is 0.569. The third-order valence-electron chi connectivity index (χ3n) is 9.76. The van der Waals surface area contributed by atoms with Crippen molar-refractivity contribution >= 4 is 75.4 Å². The van der Waals surface area contributed by atoms with Gasteiger partial charge in [0.25, 0.3) is 0 Å². The number of aromatic nitrogens is 3. The summed E-state index contributed by atoms with van der Waals surface area (Å²) in [6.45, 7) is 0. The van der Waals surface area contributed by atoms with Crippen molar-refractivity contribution in [3.05, 3.63) is 152 Å². The average molecular weight is 672 g/mol. The second-order valence-corrected chi connectivity index (χ2v) is 13.8. The number of nitrogens with zero attached hydrogens (tertiary/aromatic N) is 3. The molecular formula is C45H25N3O2S. The molecule has 0 aliphatic carbocycles. The molecule has 51 heavy (non-hydrogen) atoms. The fourth-order valence-corrected chi connectivity index (χ4v) is 8.39. The van der Waals surface area contributed by atoms with Crippen molar-refractivity contribution in [2.75, 3.05) is 0 Å². The van der Waals surface area contributed by atoms with E-state index < -0.39 is 0 Å². The standard InChI is InChI=1S/C45H25N3O2S/c1-2-10-26(11-3-1)43-46-44(48-45(47-43)34-17-9-16-33-31-13-5-7-19-38(31)50-42(33)34)28-21-23-40-36(25-28)35-24-27(20-22-39(35)51-40)29-14-8-15-32-30-12-4-6-18-37(30)49-41(29)32/h1-25H. The van der Waals surface area contributed by atoms with E-state index in [0.29, 0.717) is 17.5 Å². The number of rotatable bonds is 4. The van der Waals surface area contributed by atoms with Gasteiger partial charge in [0.15, 0.2) is 17.5 Å². The van der Waals surface area contributed by atoms with Gasteiger partial charge in [0.2, 0.25) is 0 Å². The van der Waals surface area contributed by atoms with Crippen LogP contribution in [-0.4, -0.2) is 15.0 Å². The Labute approximate surface area is 295 Å². The predicted molar refractivity (Wildman–Crippen MR) is 209 cm³/mol. The Morgan fingerprint density at radius 3 is 1.55 bits per heavy atom. The van der Waals surface area contributed by atoms with Gasteiger partial charge in [0.05, 0.1) is 5.56 Å². The Morgan fingerprint density at radius 1 is 0.353 bits per heavy atom. The van der Waals surface area contributed by atoms with E-state index in [-0.39, 0.29) is 0 Å². The molecule has 6 heteroatoms. The molecular weight excluding hydrogens is 647 g/mol. The molecule has 0 bridgehead atoms. The van der Waals surface area contributed by atoms with Crippen LogP contribution in [0.15, 0.2) is 160 Å². The number of fused-ring (bicyclic) bond motifs is 9. The fourth-order valence-electron chi connectivity index (χ4n) is 7.32. The molecule has 0 amide bonds. The van der Waals surface area contributed by atoms with Crippen molar-refractivity contribution in [3.63, 3.8) is 0 Å². The summed E-state index contributed by atoms with van der Waals surface area (Å²) in [7, 11) is 0. The summed E-state index contributed by atoms with van der Waals surface area (Å²) in [6.07, 6.45) is 0. The molecule has 7 aromatic carbocycles. The number of hydrogen-bond donors (Lipinski definition) is 0. The number of hydrogen-bond acceptors (Lipinski definition) is 6. The fraction of sp³-hybridized carbons (Fsp3) is 0. The summed E-state index contributed by atoms with van der Waals surface area (Å²) in [6, 6.07) is 52.2. The van der Waals surface area contributed by atoms with Crippen LogP contribution < -0.4 is 0 Å². The Bertz CT molecular complexity index is 3160. The van der Waals surface area contributed by atoms with Gasteiger partial charge in [-0.1, -0.05) is 103 Å². The maximum atomic E-state index is 6.41. The summed E-state index contributed by atoms with van der Waals surface area (Å²) in [5.41, 5.74) is 8.27. The molecule has 0 atom stereocenters. The molecule has 0 radical (unpaired) electrons. The van der Waals surface area contributed by atoms with Gasteiger partial charge in [0.1, 0.15) is 22.3 Å². The number of furan rings is 2. The smallest absolute Gasteiger partial charge is 0.167 e. The number of thiophene rings is 1. The highest BCUT2D eigenvalue weighted by Gasteiger charge is 2.19. The van der Waals surface area contributed by atoms with Crippen molar-refractivity contribution < 1.29 is 8.83 Å². The van der Waals surface area contributed by atoms with E-state index in [0.717, 1.165) is 77.1 Å². The lowest BCUT2D eigenvalue weighted by Crippen LogP contribution is -2.00. The Morgan fingerprint density at radius 2 is 0.863 bits per heavy atom. The molecule has 11 rings (SSSR count). The van der Waals surface area contributed by atoms with Gasteiger partial charge in [-0.05, 0) is 54.1 Å².